The van der Waals surface area contributed by atoms with Crippen molar-refractivity contribution in [3.05, 3.63) is 81.9 Å². The monoisotopic (exact) mass is 344 g/mol. The van der Waals surface area contributed by atoms with Gasteiger partial charge < -0.3 is 0 Å². The molecule has 0 amide bonds. The second kappa shape index (κ2) is 7.86. The highest BCUT2D eigenvalue weighted by atomic mass is 16.1. The molecule has 1 aliphatic rings. The van der Waals surface area contributed by atoms with Crippen molar-refractivity contribution in [2.45, 2.75) is 52.4 Å². The van der Waals surface area contributed by atoms with Crippen molar-refractivity contribution in [1.29, 1.82) is 0 Å². The summed E-state index contributed by atoms with van der Waals surface area (Å²) in [5.41, 5.74) is 6.73. The van der Waals surface area contributed by atoms with Gasteiger partial charge in [0.05, 0.1) is 0 Å². The normalized spacial score (nSPS) is 17.8. The number of Topliss-reactive ketones (excluding diaryl/α,β-unsaturated/α-hetero) is 1. The molecule has 26 heavy (non-hydrogen) atoms. The predicted octanol–water partition coefficient (Wildman–Crippen LogP) is 6.76. The Bertz CT molecular complexity index is 759. The Hall–Kier alpha value is -2.41. The van der Waals surface area contributed by atoms with Crippen molar-refractivity contribution in [1.82, 2.24) is 0 Å². The van der Waals surface area contributed by atoms with Crippen LogP contribution in [0.4, 0.5) is 0 Å². The topological polar surface area (TPSA) is 17.1 Å². The maximum absolute atomic E-state index is 12.7. The van der Waals surface area contributed by atoms with Crippen LogP contribution in [-0.4, -0.2) is 5.78 Å². The zero-order valence-corrected chi connectivity index (χ0v) is 16.3. The van der Waals surface area contributed by atoms with Gasteiger partial charge in [0, 0.05) is 11.1 Å². The van der Waals surface area contributed by atoms with E-state index >= 15 is 0 Å². The van der Waals surface area contributed by atoms with Crippen LogP contribution in [0.15, 0.2) is 59.7 Å². The molecule has 0 radical (unpaired) electrons. The second-order valence-electron chi connectivity index (χ2n) is 7.81. The van der Waals surface area contributed by atoms with Crippen LogP contribution < -0.4 is 0 Å². The minimum atomic E-state index is 0.200. The van der Waals surface area contributed by atoms with Crippen LogP contribution in [0.3, 0.4) is 0 Å². The maximum Gasteiger partial charge on any atom is 0.185 e. The Morgan fingerprint density at radius 3 is 1.31 bits per heavy atom. The smallest absolute Gasteiger partial charge is 0.185 e. The van der Waals surface area contributed by atoms with Gasteiger partial charge in [-0.15, -0.1) is 0 Å². The summed E-state index contributed by atoms with van der Waals surface area (Å²) < 4.78 is 0. The van der Waals surface area contributed by atoms with Crippen molar-refractivity contribution in [3.8, 4) is 0 Å². The first-order valence-electron chi connectivity index (χ1n) is 9.60. The lowest BCUT2D eigenvalue weighted by atomic mass is 10.00. The van der Waals surface area contributed by atoms with Gasteiger partial charge >= 0.3 is 0 Å². The van der Waals surface area contributed by atoms with Gasteiger partial charge in [-0.1, -0.05) is 76.2 Å². The van der Waals surface area contributed by atoms with Crippen LogP contribution in [0.5, 0.6) is 0 Å². The SMILES string of the molecule is CC(C)c1ccc(C=C2CC/C(=C\c3ccc(C(C)C)cc3)C2=O)cc1. The lowest BCUT2D eigenvalue weighted by Gasteiger charge is -2.05. The fourth-order valence-corrected chi connectivity index (χ4v) is 3.33. The minimum absolute atomic E-state index is 0.200. The van der Waals surface area contributed by atoms with E-state index < -0.39 is 0 Å². The summed E-state index contributed by atoms with van der Waals surface area (Å²) in [6.45, 7) is 8.77. The fourth-order valence-electron chi connectivity index (χ4n) is 3.33. The summed E-state index contributed by atoms with van der Waals surface area (Å²) in [5.74, 6) is 1.26. The molecule has 1 aliphatic carbocycles. The third-order valence-electron chi connectivity index (χ3n) is 5.14. The maximum atomic E-state index is 12.7. The highest BCUT2D eigenvalue weighted by molar-refractivity contribution is 6.15. The van der Waals surface area contributed by atoms with E-state index in [1.165, 1.54) is 11.1 Å². The average molecular weight is 344 g/mol. The summed E-state index contributed by atoms with van der Waals surface area (Å²) in [4.78, 5) is 12.7. The quantitative estimate of drug-likeness (QED) is 0.560. The zero-order valence-electron chi connectivity index (χ0n) is 16.3. The summed E-state index contributed by atoms with van der Waals surface area (Å²) in [7, 11) is 0. The standard InChI is InChI=1S/C25H28O/c1-17(2)21-9-5-19(6-10-21)15-23-13-14-24(25(23)26)16-20-7-11-22(12-8-20)18(3)4/h5-12,15-18H,13-14H2,1-4H3/b23-15+,24-16?. The second-order valence-corrected chi connectivity index (χ2v) is 7.81. The van der Waals surface area contributed by atoms with Gasteiger partial charge in [-0.25, -0.2) is 0 Å². The molecule has 1 saturated carbocycles. The lowest BCUT2D eigenvalue weighted by molar-refractivity contribution is -0.111. The molecule has 1 heteroatoms. The molecule has 1 fully saturated rings. The van der Waals surface area contributed by atoms with Crippen molar-refractivity contribution in [2.24, 2.45) is 0 Å². The molecule has 3 rings (SSSR count). The number of hydrogen-bond donors (Lipinski definition) is 0. The molecular weight excluding hydrogens is 316 g/mol. The summed E-state index contributed by atoms with van der Waals surface area (Å²) >= 11 is 0. The molecule has 1 nitrogen and oxygen atoms in total. The van der Waals surface area contributed by atoms with Gasteiger partial charge in [0.1, 0.15) is 0 Å². The first-order chi connectivity index (χ1) is 12.4. The largest absolute Gasteiger partial charge is 0.289 e. The van der Waals surface area contributed by atoms with Crippen LogP contribution in [0.1, 0.15) is 74.6 Å². The van der Waals surface area contributed by atoms with Crippen molar-refractivity contribution in [3.63, 3.8) is 0 Å². The Morgan fingerprint density at radius 1 is 0.654 bits per heavy atom. The molecule has 0 aliphatic heterocycles. The van der Waals surface area contributed by atoms with E-state index in [0.717, 1.165) is 35.1 Å². The molecular formula is C25H28O. The van der Waals surface area contributed by atoms with E-state index in [2.05, 4.69) is 88.4 Å². The number of carbonyl (C=O) groups excluding carboxylic acids is 1. The Balaban J connectivity index is 1.76. The summed E-state index contributed by atoms with van der Waals surface area (Å²) in [6.07, 6.45) is 5.77. The summed E-state index contributed by atoms with van der Waals surface area (Å²) in [6, 6.07) is 17.1. The first kappa shape index (κ1) is 18.4. The number of rotatable bonds is 4. The molecule has 0 heterocycles. The molecule has 0 bridgehead atoms. The highest BCUT2D eigenvalue weighted by Gasteiger charge is 2.22. The van der Waals surface area contributed by atoms with Crippen LogP contribution in [0, 0.1) is 0 Å². The van der Waals surface area contributed by atoms with Crippen molar-refractivity contribution >= 4 is 17.9 Å². The molecule has 0 N–H and O–H groups in total. The molecule has 0 atom stereocenters. The van der Waals surface area contributed by atoms with Crippen LogP contribution in [0.25, 0.3) is 12.2 Å². The fraction of sp³-hybridized carbons (Fsp3) is 0.320. The van der Waals surface area contributed by atoms with Crippen LogP contribution >= 0.6 is 0 Å². The van der Waals surface area contributed by atoms with E-state index in [1.807, 2.05) is 0 Å². The Labute approximate surface area is 157 Å². The van der Waals surface area contributed by atoms with Crippen molar-refractivity contribution in [2.75, 3.05) is 0 Å². The van der Waals surface area contributed by atoms with Gasteiger partial charge in [-0.3, -0.25) is 4.79 Å². The molecule has 134 valence electrons. The first-order valence-corrected chi connectivity index (χ1v) is 9.60. The van der Waals surface area contributed by atoms with E-state index in [4.69, 9.17) is 0 Å². The van der Waals surface area contributed by atoms with E-state index in [0.29, 0.717) is 11.8 Å². The number of carbonyl (C=O) groups is 1. The van der Waals surface area contributed by atoms with E-state index in [9.17, 15) is 4.79 Å². The molecule has 0 saturated heterocycles. The average Bonchev–Trinajstić information content (AvgIpc) is 2.96. The Morgan fingerprint density at radius 2 is 1.00 bits per heavy atom. The number of allylic oxidation sites excluding steroid dienone is 2. The number of hydrogen-bond acceptors (Lipinski definition) is 1. The molecule has 0 aromatic heterocycles. The molecule has 2 aromatic rings. The van der Waals surface area contributed by atoms with Gasteiger partial charge in [-0.05, 0) is 59.1 Å². The summed E-state index contributed by atoms with van der Waals surface area (Å²) in [5, 5.41) is 0. The van der Waals surface area contributed by atoms with Gasteiger partial charge in [0.15, 0.2) is 5.78 Å². The molecule has 0 unspecified atom stereocenters. The van der Waals surface area contributed by atoms with E-state index in [-0.39, 0.29) is 5.78 Å². The number of benzene rings is 2. The highest BCUT2D eigenvalue weighted by Crippen LogP contribution is 2.30. The molecule has 2 aromatic carbocycles. The lowest BCUT2D eigenvalue weighted by Crippen LogP contribution is -1.96. The van der Waals surface area contributed by atoms with Crippen LogP contribution in [-0.2, 0) is 4.79 Å². The van der Waals surface area contributed by atoms with Gasteiger partial charge in [0.25, 0.3) is 0 Å². The van der Waals surface area contributed by atoms with Crippen LogP contribution in [0.2, 0.25) is 0 Å². The van der Waals surface area contributed by atoms with Gasteiger partial charge in [0.2, 0.25) is 0 Å². The Kier molecular flexibility index (Phi) is 5.56. The predicted molar refractivity (Wildman–Crippen MR) is 111 cm³/mol. The van der Waals surface area contributed by atoms with Gasteiger partial charge in [-0.2, -0.15) is 0 Å². The molecule has 0 spiro atoms. The minimum Gasteiger partial charge on any atom is -0.289 e. The van der Waals surface area contributed by atoms with E-state index in [1.54, 1.807) is 0 Å². The third-order valence-corrected chi connectivity index (χ3v) is 5.14. The third kappa shape index (κ3) is 4.22. The number of ketones is 1. The van der Waals surface area contributed by atoms with Crippen molar-refractivity contribution < 1.29 is 4.79 Å². The zero-order chi connectivity index (χ0) is 18.7.